The van der Waals surface area contributed by atoms with Crippen LogP contribution in [-0.4, -0.2) is 0 Å². The first-order chi connectivity index (χ1) is 5.24. The highest BCUT2D eigenvalue weighted by atomic mass is 19.1. The van der Waals surface area contributed by atoms with E-state index in [-0.39, 0.29) is 5.82 Å². The summed E-state index contributed by atoms with van der Waals surface area (Å²) < 4.78 is 12.7. The van der Waals surface area contributed by atoms with Crippen molar-refractivity contribution in [2.75, 3.05) is 0 Å². The first kappa shape index (κ1) is 8.17. The number of rotatable bonds is 2. The van der Waals surface area contributed by atoms with Gasteiger partial charge in [-0.05, 0) is 24.1 Å². The summed E-state index contributed by atoms with van der Waals surface area (Å²) in [6.45, 7) is 2.30. The van der Waals surface area contributed by atoms with Gasteiger partial charge < -0.3 is 0 Å². The molecule has 0 aromatic heterocycles. The molecule has 0 amide bonds. The average Bonchev–Trinajstić information content (AvgIpc) is 1.98. The molecular formula is C8H11FN2. The molecule has 0 saturated heterocycles. The second kappa shape index (κ2) is 3.46. The highest BCUT2D eigenvalue weighted by Gasteiger charge is 1.96. The Labute approximate surface area is 65.2 Å². The van der Waals surface area contributed by atoms with Crippen LogP contribution in [0, 0.1) is 12.7 Å². The normalized spacial score (nSPS) is 10.1. The van der Waals surface area contributed by atoms with Crippen LogP contribution < -0.4 is 11.3 Å². The van der Waals surface area contributed by atoms with Crippen molar-refractivity contribution in [3.8, 4) is 0 Å². The standard InChI is InChI=1S/C8H11FN2/c1-6-4-7(5-11-10)2-3-8(6)9/h2-4,11H,5,10H2,1H3. The quantitative estimate of drug-likeness (QED) is 0.494. The number of benzene rings is 1. The number of nitrogens with one attached hydrogen (secondary N) is 1. The predicted octanol–water partition coefficient (Wildman–Crippen LogP) is 1.10. The zero-order valence-electron chi connectivity index (χ0n) is 6.39. The number of hydrazine groups is 1. The molecule has 0 radical (unpaired) electrons. The molecular weight excluding hydrogens is 143 g/mol. The lowest BCUT2D eigenvalue weighted by molar-refractivity contribution is 0.616. The zero-order valence-corrected chi connectivity index (χ0v) is 6.39. The van der Waals surface area contributed by atoms with Crippen LogP contribution in [0.2, 0.25) is 0 Å². The van der Waals surface area contributed by atoms with Crippen LogP contribution in [0.1, 0.15) is 11.1 Å². The average molecular weight is 154 g/mol. The number of aryl methyl sites for hydroxylation is 1. The van der Waals surface area contributed by atoms with Crippen molar-refractivity contribution >= 4 is 0 Å². The molecule has 3 N–H and O–H groups in total. The van der Waals surface area contributed by atoms with Gasteiger partial charge in [0.1, 0.15) is 5.82 Å². The van der Waals surface area contributed by atoms with Gasteiger partial charge >= 0.3 is 0 Å². The molecule has 11 heavy (non-hydrogen) atoms. The molecule has 0 saturated carbocycles. The molecule has 0 spiro atoms. The molecule has 0 aliphatic rings. The molecule has 0 unspecified atom stereocenters. The lowest BCUT2D eigenvalue weighted by atomic mass is 10.1. The zero-order chi connectivity index (χ0) is 8.27. The van der Waals surface area contributed by atoms with Gasteiger partial charge in [0, 0.05) is 6.54 Å². The van der Waals surface area contributed by atoms with E-state index in [0.717, 1.165) is 5.56 Å². The van der Waals surface area contributed by atoms with E-state index >= 15 is 0 Å². The lowest BCUT2D eigenvalue weighted by Gasteiger charge is -2.01. The number of nitrogens with two attached hydrogens (primary N) is 1. The fraction of sp³-hybridized carbons (Fsp3) is 0.250. The van der Waals surface area contributed by atoms with Gasteiger partial charge in [-0.25, -0.2) is 4.39 Å². The summed E-state index contributed by atoms with van der Waals surface area (Å²) in [5.41, 5.74) is 4.15. The van der Waals surface area contributed by atoms with E-state index < -0.39 is 0 Å². The Bertz CT molecular complexity index is 248. The van der Waals surface area contributed by atoms with Gasteiger partial charge in [0.15, 0.2) is 0 Å². The van der Waals surface area contributed by atoms with Crippen molar-refractivity contribution in [3.05, 3.63) is 35.1 Å². The molecule has 0 fully saturated rings. The van der Waals surface area contributed by atoms with Crippen LogP contribution in [-0.2, 0) is 6.54 Å². The molecule has 1 rings (SSSR count). The summed E-state index contributed by atoms with van der Waals surface area (Å²) in [5.74, 6) is 4.93. The number of hydrogen-bond acceptors (Lipinski definition) is 2. The lowest BCUT2D eigenvalue weighted by Crippen LogP contribution is -2.20. The summed E-state index contributed by atoms with van der Waals surface area (Å²) >= 11 is 0. The van der Waals surface area contributed by atoms with E-state index in [0.29, 0.717) is 12.1 Å². The van der Waals surface area contributed by atoms with E-state index in [1.165, 1.54) is 6.07 Å². The third-order valence-corrected chi connectivity index (χ3v) is 1.53. The van der Waals surface area contributed by atoms with Crippen molar-refractivity contribution in [1.82, 2.24) is 5.43 Å². The predicted molar refractivity (Wildman–Crippen MR) is 42.2 cm³/mol. The fourth-order valence-corrected chi connectivity index (χ4v) is 0.935. The third-order valence-electron chi connectivity index (χ3n) is 1.53. The van der Waals surface area contributed by atoms with Crippen LogP contribution in [0.25, 0.3) is 0 Å². The molecule has 60 valence electrons. The highest BCUT2D eigenvalue weighted by Crippen LogP contribution is 2.08. The Morgan fingerprint density at radius 1 is 1.55 bits per heavy atom. The molecule has 1 aromatic rings. The SMILES string of the molecule is Cc1cc(CNN)ccc1F. The van der Waals surface area contributed by atoms with Gasteiger partial charge in [-0.3, -0.25) is 11.3 Å². The van der Waals surface area contributed by atoms with Gasteiger partial charge in [0.25, 0.3) is 0 Å². The van der Waals surface area contributed by atoms with Crippen molar-refractivity contribution in [2.24, 2.45) is 5.84 Å². The minimum absolute atomic E-state index is 0.175. The maximum atomic E-state index is 12.7. The second-order valence-corrected chi connectivity index (χ2v) is 2.46. The van der Waals surface area contributed by atoms with Crippen molar-refractivity contribution < 1.29 is 4.39 Å². The van der Waals surface area contributed by atoms with Gasteiger partial charge in [0.05, 0.1) is 0 Å². The summed E-state index contributed by atoms with van der Waals surface area (Å²) in [6, 6.07) is 4.93. The fourth-order valence-electron chi connectivity index (χ4n) is 0.935. The monoisotopic (exact) mass is 154 g/mol. The smallest absolute Gasteiger partial charge is 0.126 e. The summed E-state index contributed by atoms with van der Waals surface area (Å²) in [7, 11) is 0. The largest absolute Gasteiger partial charge is 0.271 e. The highest BCUT2D eigenvalue weighted by molar-refractivity contribution is 5.23. The van der Waals surface area contributed by atoms with Gasteiger partial charge in [-0.2, -0.15) is 0 Å². The van der Waals surface area contributed by atoms with Gasteiger partial charge in [-0.15, -0.1) is 0 Å². The summed E-state index contributed by atoms with van der Waals surface area (Å²) in [4.78, 5) is 0. The Morgan fingerprint density at radius 3 is 2.82 bits per heavy atom. The molecule has 3 heteroatoms. The maximum absolute atomic E-state index is 12.7. The Kier molecular flexibility index (Phi) is 2.57. The Morgan fingerprint density at radius 2 is 2.27 bits per heavy atom. The summed E-state index contributed by atoms with van der Waals surface area (Å²) in [5, 5.41) is 0. The van der Waals surface area contributed by atoms with Crippen LogP contribution in [0.15, 0.2) is 18.2 Å². The van der Waals surface area contributed by atoms with Crippen LogP contribution >= 0.6 is 0 Å². The van der Waals surface area contributed by atoms with E-state index in [2.05, 4.69) is 5.43 Å². The minimum atomic E-state index is -0.175. The van der Waals surface area contributed by atoms with Gasteiger partial charge in [0.2, 0.25) is 0 Å². The maximum Gasteiger partial charge on any atom is 0.126 e. The number of hydrogen-bond donors (Lipinski definition) is 2. The van der Waals surface area contributed by atoms with Crippen LogP contribution in [0.5, 0.6) is 0 Å². The minimum Gasteiger partial charge on any atom is -0.271 e. The van der Waals surface area contributed by atoms with E-state index in [9.17, 15) is 4.39 Å². The molecule has 1 aromatic carbocycles. The van der Waals surface area contributed by atoms with Crippen LogP contribution in [0.3, 0.4) is 0 Å². The topological polar surface area (TPSA) is 38.0 Å². The van der Waals surface area contributed by atoms with Crippen molar-refractivity contribution in [1.29, 1.82) is 0 Å². The summed E-state index contributed by atoms with van der Waals surface area (Å²) in [6.07, 6.45) is 0. The molecule has 0 aliphatic carbocycles. The van der Waals surface area contributed by atoms with E-state index in [4.69, 9.17) is 5.84 Å². The third kappa shape index (κ3) is 2.00. The Balaban J connectivity index is 2.86. The number of halogens is 1. The Hall–Kier alpha value is -0.930. The molecule has 0 aliphatic heterocycles. The van der Waals surface area contributed by atoms with Crippen molar-refractivity contribution in [2.45, 2.75) is 13.5 Å². The second-order valence-electron chi connectivity index (χ2n) is 2.46. The molecule has 0 bridgehead atoms. The van der Waals surface area contributed by atoms with Gasteiger partial charge in [-0.1, -0.05) is 12.1 Å². The molecule has 0 atom stereocenters. The van der Waals surface area contributed by atoms with Crippen LogP contribution in [0.4, 0.5) is 4.39 Å². The van der Waals surface area contributed by atoms with Crippen molar-refractivity contribution in [3.63, 3.8) is 0 Å². The molecule has 0 heterocycles. The van der Waals surface area contributed by atoms with E-state index in [1.54, 1.807) is 19.1 Å². The first-order valence-corrected chi connectivity index (χ1v) is 3.42. The first-order valence-electron chi connectivity index (χ1n) is 3.42. The molecule has 2 nitrogen and oxygen atoms in total. The van der Waals surface area contributed by atoms with E-state index in [1.807, 2.05) is 0 Å².